The van der Waals surface area contributed by atoms with Crippen LogP contribution in [-0.4, -0.2) is 211 Å². The maximum Gasteiger partial charge on any atom is 0.326 e. The van der Waals surface area contributed by atoms with Gasteiger partial charge in [0.15, 0.2) is 5.78 Å². The van der Waals surface area contributed by atoms with Crippen molar-refractivity contribution in [2.24, 2.45) is 0 Å². The highest BCUT2D eigenvalue weighted by molar-refractivity contribution is 5.96. The van der Waals surface area contributed by atoms with Crippen LogP contribution < -0.4 is 16.0 Å². The number of nitrogens with one attached hydrogen (secondary N) is 3. The van der Waals surface area contributed by atoms with Crippen LogP contribution in [0, 0.1) is 0 Å². The molecule has 0 spiro atoms. The van der Waals surface area contributed by atoms with Crippen LogP contribution in [0.4, 0.5) is 4.79 Å². The Morgan fingerprint density at radius 1 is 0.584 bits per heavy atom. The summed E-state index contributed by atoms with van der Waals surface area (Å²) in [6.07, 6.45) is 4.15. The number of carbonyl (C=O) groups is 10. The van der Waals surface area contributed by atoms with Gasteiger partial charge in [-0.1, -0.05) is 55.0 Å². The standard InChI is InChI=1S/C53H73N9O15/c1-37(63)14-19-43(52(75)76)57-53(77)56-42(51(73)74)11-7-8-22-62(32-44-41-10-6-5-9-39(41)20-21-54-44)47(66)13-4-2-3-12-45(64)40-17-15-38(16-18-40)31-55-46(65)33-58-23-25-59(34-48(67)68)27-29-61(36-50(71)72)30-28-60(26-24-58)35-49(69)70/h5-6,9-10,15-18,20-21,42-43H,2-4,7-8,11-14,19,22-36H2,1H3,(H,55,65)(H,67,68)(H,69,70)(H,71,72)(H,73,74)(H,75,76)(H2,56,57,77)/t42-,43-/m1/s1. The third-order valence-corrected chi connectivity index (χ3v) is 13.0. The van der Waals surface area contributed by atoms with Gasteiger partial charge in [-0.2, -0.15) is 0 Å². The minimum absolute atomic E-state index is 0.00529. The number of benzene rings is 2. The van der Waals surface area contributed by atoms with E-state index in [2.05, 4.69) is 20.9 Å². The number of nitrogens with zero attached hydrogens (tertiary/aromatic N) is 6. The Labute approximate surface area is 446 Å². The van der Waals surface area contributed by atoms with E-state index in [1.54, 1.807) is 50.1 Å². The molecule has 8 N–H and O–H groups in total. The lowest BCUT2D eigenvalue weighted by Crippen LogP contribution is -2.51. The molecule has 1 aromatic heterocycles. The number of pyridine rings is 1. The second kappa shape index (κ2) is 32.9. The molecule has 0 saturated carbocycles. The first-order valence-corrected chi connectivity index (χ1v) is 25.8. The molecule has 2 aromatic carbocycles. The Morgan fingerprint density at radius 3 is 1.64 bits per heavy atom. The fraction of sp³-hybridized carbons (Fsp3) is 0.528. The van der Waals surface area contributed by atoms with Gasteiger partial charge in [-0.25, -0.2) is 14.4 Å². The molecule has 77 heavy (non-hydrogen) atoms. The maximum absolute atomic E-state index is 13.8. The van der Waals surface area contributed by atoms with Crippen LogP contribution in [0.3, 0.4) is 0 Å². The molecule has 2 heterocycles. The number of fused-ring (bicyclic) bond motifs is 1. The van der Waals surface area contributed by atoms with E-state index < -0.39 is 48.0 Å². The molecule has 24 nitrogen and oxygen atoms in total. The van der Waals surface area contributed by atoms with Gasteiger partial charge in [0.25, 0.3) is 0 Å². The fourth-order valence-electron chi connectivity index (χ4n) is 8.75. The van der Waals surface area contributed by atoms with Crippen LogP contribution in [0.5, 0.6) is 0 Å². The minimum Gasteiger partial charge on any atom is -0.480 e. The number of hydrogen-bond donors (Lipinski definition) is 8. The van der Waals surface area contributed by atoms with Crippen molar-refractivity contribution in [1.29, 1.82) is 0 Å². The van der Waals surface area contributed by atoms with E-state index in [-0.39, 0.29) is 141 Å². The third kappa shape index (κ3) is 24.0. The zero-order chi connectivity index (χ0) is 56.3. The Balaban J connectivity index is 1.26. The summed E-state index contributed by atoms with van der Waals surface area (Å²) in [7, 11) is 0. The van der Waals surface area contributed by atoms with Crippen molar-refractivity contribution < 1.29 is 73.5 Å². The van der Waals surface area contributed by atoms with Crippen molar-refractivity contribution in [3.05, 3.63) is 77.6 Å². The van der Waals surface area contributed by atoms with Crippen LogP contribution in [-0.2, 0) is 51.4 Å². The topological polar surface area (TPSA) is 337 Å². The minimum atomic E-state index is -1.38. The molecular weight excluding hydrogens is 1000 g/mol. The predicted molar refractivity (Wildman–Crippen MR) is 280 cm³/mol. The summed E-state index contributed by atoms with van der Waals surface area (Å²) in [5.74, 6) is -6.64. The molecule has 3 aromatic rings. The molecule has 0 unspecified atom stereocenters. The average Bonchev–Trinajstić information content (AvgIpc) is 3.37. The molecular formula is C53H73N9O15. The highest BCUT2D eigenvalue weighted by Crippen LogP contribution is 2.20. The summed E-state index contributed by atoms with van der Waals surface area (Å²) >= 11 is 0. The van der Waals surface area contributed by atoms with Crippen molar-refractivity contribution in [3.8, 4) is 0 Å². The number of unbranched alkanes of at least 4 members (excludes halogenated alkanes) is 3. The first kappa shape index (κ1) is 62.1. The van der Waals surface area contributed by atoms with Gasteiger partial charge in [-0.05, 0) is 62.5 Å². The van der Waals surface area contributed by atoms with Crippen LogP contribution in [0.1, 0.15) is 92.7 Å². The maximum atomic E-state index is 13.8. The number of carboxylic acid groups (broad SMARTS) is 5. The Bertz CT molecular complexity index is 2460. The molecule has 0 aliphatic carbocycles. The van der Waals surface area contributed by atoms with Crippen molar-refractivity contribution in [2.75, 3.05) is 85.1 Å². The molecule has 0 bridgehead atoms. The molecule has 0 radical (unpaired) electrons. The number of carbonyl (C=O) groups excluding carboxylic acids is 5. The van der Waals surface area contributed by atoms with E-state index in [1.165, 1.54) is 6.92 Å². The zero-order valence-corrected chi connectivity index (χ0v) is 43.6. The molecule has 1 aliphatic rings. The van der Waals surface area contributed by atoms with Gasteiger partial charge >= 0.3 is 35.9 Å². The fourth-order valence-corrected chi connectivity index (χ4v) is 8.75. The van der Waals surface area contributed by atoms with Crippen LogP contribution in [0.25, 0.3) is 10.8 Å². The zero-order valence-electron chi connectivity index (χ0n) is 43.6. The number of rotatable bonds is 31. The summed E-state index contributed by atoms with van der Waals surface area (Å²) in [6, 6.07) is 12.6. The van der Waals surface area contributed by atoms with E-state index in [0.29, 0.717) is 56.5 Å². The third-order valence-electron chi connectivity index (χ3n) is 13.0. The Kier molecular flexibility index (Phi) is 26.5. The van der Waals surface area contributed by atoms with Crippen molar-refractivity contribution in [3.63, 3.8) is 0 Å². The first-order valence-electron chi connectivity index (χ1n) is 25.8. The molecule has 24 heteroatoms. The average molecular weight is 1080 g/mol. The Morgan fingerprint density at radius 2 is 1.10 bits per heavy atom. The Hall–Kier alpha value is -7.41. The second-order valence-corrected chi connectivity index (χ2v) is 19.2. The SMILES string of the molecule is CC(=O)CC[C@@H](NC(=O)N[C@H](CCCCN(Cc1nccc2ccccc12)C(=O)CCCCCC(=O)c1ccc(CNC(=O)CN2CCN(CC(=O)O)CCN(CC(=O)O)CCN(CC(=O)O)CC2)cc1)C(=O)O)C(=O)O. The lowest BCUT2D eigenvalue weighted by Gasteiger charge is -2.32. The van der Waals surface area contributed by atoms with E-state index in [9.17, 15) is 73.5 Å². The summed E-state index contributed by atoms with van der Waals surface area (Å²) < 4.78 is 0. The quantitative estimate of drug-likeness (QED) is 0.0338. The van der Waals surface area contributed by atoms with Gasteiger partial charge < -0.3 is 51.2 Å². The highest BCUT2D eigenvalue weighted by atomic mass is 16.4. The van der Waals surface area contributed by atoms with Crippen LogP contribution >= 0.6 is 0 Å². The highest BCUT2D eigenvalue weighted by Gasteiger charge is 2.26. The van der Waals surface area contributed by atoms with E-state index in [0.717, 1.165) is 16.3 Å². The van der Waals surface area contributed by atoms with Crippen molar-refractivity contribution in [2.45, 2.75) is 96.3 Å². The van der Waals surface area contributed by atoms with Gasteiger partial charge in [0, 0.05) is 102 Å². The smallest absolute Gasteiger partial charge is 0.326 e. The van der Waals surface area contributed by atoms with Gasteiger partial charge in [-0.3, -0.25) is 53.4 Å². The van der Waals surface area contributed by atoms with Crippen molar-refractivity contribution in [1.82, 2.24) is 45.4 Å². The number of Topliss-reactive ketones (excluding diaryl/α,β-unsaturated/α-hetero) is 2. The summed E-state index contributed by atoms with van der Waals surface area (Å²) in [4.78, 5) is 136. The first-order chi connectivity index (χ1) is 36.8. The van der Waals surface area contributed by atoms with E-state index >= 15 is 0 Å². The van der Waals surface area contributed by atoms with Gasteiger partial charge in [0.05, 0.1) is 38.4 Å². The molecule has 1 fully saturated rings. The number of aromatic nitrogens is 1. The van der Waals surface area contributed by atoms with Crippen LogP contribution in [0.15, 0.2) is 60.8 Å². The normalized spacial score (nSPS) is 15.0. The number of hydrogen-bond acceptors (Lipinski definition) is 15. The molecule has 4 amide bonds. The molecule has 420 valence electrons. The predicted octanol–water partition coefficient (Wildman–Crippen LogP) is 2.23. The van der Waals surface area contributed by atoms with E-state index in [1.807, 2.05) is 35.2 Å². The number of amides is 4. The lowest BCUT2D eigenvalue weighted by molar-refractivity contribution is -0.140. The number of carboxylic acids is 5. The summed E-state index contributed by atoms with van der Waals surface area (Å²) in [5.41, 5.74) is 1.92. The molecule has 4 rings (SSSR count). The van der Waals surface area contributed by atoms with Crippen molar-refractivity contribution >= 4 is 70.0 Å². The second-order valence-electron chi connectivity index (χ2n) is 19.2. The molecule has 1 saturated heterocycles. The molecule has 1 aliphatic heterocycles. The number of ketones is 2. The van der Waals surface area contributed by atoms with Gasteiger partial charge in [0.2, 0.25) is 11.8 Å². The monoisotopic (exact) mass is 1080 g/mol. The van der Waals surface area contributed by atoms with Gasteiger partial charge in [-0.15, -0.1) is 0 Å². The molecule has 2 atom stereocenters. The van der Waals surface area contributed by atoms with E-state index in [4.69, 9.17) is 0 Å². The van der Waals surface area contributed by atoms with Crippen LogP contribution in [0.2, 0.25) is 0 Å². The summed E-state index contributed by atoms with van der Waals surface area (Å²) in [6.45, 7) is 3.20. The largest absolute Gasteiger partial charge is 0.480 e. The van der Waals surface area contributed by atoms with Gasteiger partial charge in [0.1, 0.15) is 17.9 Å². The lowest BCUT2D eigenvalue weighted by atomic mass is 10.0. The number of urea groups is 1. The summed E-state index contributed by atoms with van der Waals surface area (Å²) in [5, 5.41) is 56.9. The number of aliphatic carboxylic acids is 5.